The molecule has 142 valence electrons. The summed E-state index contributed by atoms with van der Waals surface area (Å²) in [6, 6.07) is 15.5. The van der Waals surface area contributed by atoms with Crippen molar-refractivity contribution < 1.29 is 9.59 Å². The zero-order valence-corrected chi connectivity index (χ0v) is 17.0. The quantitative estimate of drug-likeness (QED) is 0.746. The fourth-order valence-electron chi connectivity index (χ4n) is 3.39. The molecule has 1 saturated heterocycles. The molecule has 0 spiro atoms. The van der Waals surface area contributed by atoms with Crippen molar-refractivity contribution in [2.24, 2.45) is 5.92 Å². The second-order valence-electron chi connectivity index (χ2n) is 6.95. The second kappa shape index (κ2) is 9.15. The lowest BCUT2D eigenvalue weighted by molar-refractivity contribution is -0.121. The number of hydrogen-bond donors (Lipinski definition) is 2. The summed E-state index contributed by atoms with van der Waals surface area (Å²) in [7, 11) is 0. The minimum absolute atomic E-state index is 0.0130. The van der Waals surface area contributed by atoms with E-state index in [1.807, 2.05) is 24.3 Å². The summed E-state index contributed by atoms with van der Waals surface area (Å²) in [5.41, 5.74) is 2.72. The average molecular weight is 430 g/mol. The van der Waals surface area contributed by atoms with Gasteiger partial charge in [0.1, 0.15) is 0 Å². The Morgan fingerprint density at radius 2 is 1.81 bits per heavy atom. The molecule has 3 rings (SSSR count). The van der Waals surface area contributed by atoms with Gasteiger partial charge in [0.05, 0.1) is 5.92 Å². The number of carbonyl (C=O) groups is 2. The smallest absolute Gasteiger partial charge is 0.228 e. The molecule has 0 saturated carbocycles. The standard InChI is InChI=1S/C21H24BrN3O2/c1-15(26)23-19-7-9-20(10-8-19)24-21(27)17-5-3-11-25(14-17)13-16-4-2-6-18(22)12-16/h2,4,6-10,12,17H,3,5,11,13-14H2,1H3,(H,23,26)(H,24,27). The van der Waals surface area contributed by atoms with Crippen LogP contribution in [-0.4, -0.2) is 29.8 Å². The molecular weight excluding hydrogens is 406 g/mol. The number of benzene rings is 2. The maximum Gasteiger partial charge on any atom is 0.228 e. The number of likely N-dealkylation sites (tertiary alicyclic amines) is 1. The average Bonchev–Trinajstić information content (AvgIpc) is 2.63. The molecule has 1 atom stereocenters. The highest BCUT2D eigenvalue weighted by molar-refractivity contribution is 9.10. The summed E-state index contributed by atoms with van der Waals surface area (Å²) >= 11 is 3.51. The van der Waals surface area contributed by atoms with Crippen molar-refractivity contribution >= 4 is 39.1 Å². The number of anilines is 2. The Bertz CT molecular complexity index is 807. The number of amides is 2. The topological polar surface area (TPSA) is 61.4 Å². The van der Waals surface area contributed by atoms with Crippen LogP contribution in [-0.2, 0) is 16.1 Å². The minimum atomic E-state index is -0.112. The predicted molar refractivity (Wildman–Crippen MR) is 112 cm³/mol. The number of nitrogens with zero attached hydrogens (tertiary/aromatic N) is 1. The number of halogens is 1. The zero-order chi connectivity index (χ0) is 19.2. The summed E-state index contributed by atoms with van der Waals surface area (Å²) in [4.78, 5) is 26.1. The van der Waals surface area contributed by atoms with E-state index in [9.17, 15) is 9.59 Å². The van der Waals surface area contributed by atoms with Gasteiger partial charge < -0.3 is 10.6 Å². The zero-order valence-electron chi connectivity index (χ0n) is 15.4. The largest absolute Gasteiger partial charge is 0.326 e. The maximum absolute atomic E-state index is 12.7. The molecule has 6 heteroatoms. The van der Waals surface area contributed by atoms with Gasteiger partial charge in [-0.3, -0.25) is 14.5 Å². The molecule has 2 aromatic carbocycles. The third kappa shape index (κ3) is 5.91. The molecule has 27 heavy (non-hydrogen) atoms. The molecule has 1 aliphatic rings. The van der Waals surface area contributed by atoms with Crippen LogP contribution in [0.5, 0.6) is 0 Å². The van der Waals surface area contributed by atoms with Crippen LogP contribution in [0.3, 0.4) is 0 Å². The second-order valence-corrected chi connectivity index (χ2v) is 7.87. The van der Waals surface area contributed by atoms with E-state index in [0.29, 0.717) is 0 Å². The van der Waals surface area contributed by atoms with Crippen LogP contribution in [0.1, 0.15) is 25.3 Å². The number of piperidine rings is 1. The molecule has 0 bridgehead atoms. The normalized spacial score (nSPS) is 17.3. The van der Waals surface area contributed by atoms with Gasteiger partial charge in [0.15, 0.2) is 0 Å². The highest BCUT2D eigenvalue weighted by atomic mass is 79.9. The van der Waals surface area contributed by atoms with Gasteiger partial charge in [-0.2, -0.15) is 0 Å². The molecule has 1 unspecified atom stereocenters. The molecular formula is C21H24BrN3O2. The van der Waals surface area contributed by atoms with Gasteiger partial charge in [-0.1, -0.05) is 28.1 Å². The molecule has 2 aromatic rings. The number of nitrogens with one attached hydrogen (secondary N) is 2. The summed E-state index contributed by atoms with van der Waals surface area (Å²) < 4.78 is 1.08. The van der Waals surface area contributed by atoms with Crippen LogP contribution in [0.25, 0.3) is 0 Å². The van der Waals surface area contributed by atoms with E-state index in [1.165, 1.54) is 12.5 Å². The predicted octanol–water partition coefficient (Wildman–Crippen LogP) is 4.26. The Balaban J connectivity index is 1.55. The minimum Gasteiger partial charge on any atom is -0.326 e. The molecule has 0 aliphatic carbocycles. The van der Waals surface area contributed by atoms with Crippen molar-refractivity contribution in [3.05, 3.63) is 58.6 Å². The summed E-state index contributed by atoms with van der Waals surface area (Å²) in [6.45, 7) is 4.11. The molecule has 0 radical (unpaired) electrons. The van der Waals surface area contributed by atoms with Crippen LogP contribution < -0.4 is 10.6 Å². The third-order valence-electron chi connectivity index (χ3n) is 4.64. The Morgan fingerprint density at radius 3 is 2.48 bits per heavy atom. The first-order valence-electron chi connectivity index (χ1n) is 9.15. The first kappa shape index (κ1) is 19.6. The van der Waals surface area contributed by atoms with Gasteiger partial charge in [-0.15, -0.1) is 0 Å². The molecule has 2 amide bonds. The highest BCUT2D eigenvalue weighted by Crippen LogP contribution is 2.22. The third-order valence-corrected chi connectivity index (χ3v) is 5.14. The van der Waals surface area contributed by atoms with Crippen LogP contribution in [0, 0.1) is 5.92 Å². The van der Waals surface area contributed by atoms with Crippen LogP contribution in [0.2, 0.25) is 0 Å². The summed E-state index contributed by atoms with van der Waals surface area (Å²) in [6.07, 6.45) is 1.93. The van der Waals surface area contributed by atoms with Gasteiger partial charge in [-0.25, -0.2) is 0 Å². The molecule has 1 aliphatic heterocycles. The highest BCUT2D eigenvalue weighted by Gasteiger charge is 2.25. The lowest BCUT2D eigenvalue weighted by Gasteiger charge is -2.32. The molecule has 0 aromatic heterocycles. The maximum atomic E-state index is 12.7. The van der Waals surface area contributed by atoms with E-state index in [-0.39, 0.29) is 17.7 Å². The summed E-state index contributed by atoms with van der Waals surface area (Å²) in [5.74, 6) is -0.0679. The van der Waals surface area contributed by atoms with Gasteiger partial charge in [0.25, 0.3) is 0 Å². The first-order valence-corrected chi connectivity index (χ1v) is 9.94. The van der Waals surface area contributed by atoms with Crippen molar-refractivity contribution in [3.8, 4) is 0 Å². The van der Waals surface area contributed by atoms with Crippen molar-refractivity contribution in [3.63, 3.8) is 0 Å². The van der Waals surface area contributed by atoms with Gasteiger partial charge in [0, 0.05) is 35.9 Å². The van der Waals surface area contributed by atoms with Gasteiger partial charge in [-0.05, 0) is 61.3 Å². The molecule has 2 N–H and O–H groups in total. The Morgan fingerprint density at radius 1 is 1.11 bits per heavy atom. The van der Waals surface area contributed by atoms with Crippen LogP contribution >= 0.6 is 15.9 Å². The molecule has 5 nitrogen and oxygen atoms in total. The fourth-order valence-corrected chi connectivity index (χ4v) is 3.84. The van der Waals surface area contributed by atoms with Crippen LogP contribution in [0.4, 0.5) is 11.4 Å². The Hall–Kier alpha value is -2.18. The SMILES string of the molecule is CC(=O)Nc1ccc(NC(=O)C2CCCN(Cc3cccc(Br)c3)C2)cc1. The number of carbonyl (C=O) groups excluding carboxylic acids is 2. The van der Waals surface area contributed by atoms with Crippen molar-refractivity contribution in [2.75, 3.05) is 23.7 Å². The number of rotatable bonds is 5. The van der Waals surface area contributed by atoms with E-state index in [1.54, 1.807) is 12.1 Å². The van der Waals surface area contributed by atoms with E-state index in [2.05, 4.69) is 43.6 Å². The van der Waals surface area contributed by atoms with Gasteiger partial charge in [0.2, 0.25) is 11.8 Å². The molecule has 1 fully saturated rings. The first-order chi connectivity index (χ1) is 13.0. The van der Waals surface area contributed by atoms with E-state index < -0.39 is 0 Å². The monoisotopic (exact) mass is 429 g/mol. The Kier molecular flexibility index (Phi) is 6.63. The fraction of sp³-hybridized carbons (Fsp3) is 0.333. The van der Waals surface area contributed by atoms with Crippen molar-refractivity contribution in [1.82, 2.24) is 4.90 Å². The lowest BCUT2D eigenvalue weighted by atomic mass is 9.96. The van der Waals surface area contributed by atoms with E-state index >= 15 is 0 Å². The Labute approximate surface area is 168 Å². The number of hydrogen-bond acceptors (Lipinski definition) is 3. The van der Waals surface area contributed by atoms with E-state index in [0.717, 1.165) is 48.3 Å². The summed E-state index contributed by atoms with van der Waals surface area (Å²) in [5, 5.41) is 5.72. The van der Waals surface area contributed by atoms with Crippen LogP contribution in [0.15, 0.2) is 53.0 Å². The van der Waals surface area contributed by atoms with Gasteiger partial charge >= 0.3 is 0 Å². The lowest BCUT2D eigenvalue weighted by Crippen LogP contribution is -2.40. The van der Waals surface area contributed by atoms with E-state index in [4.69, 9.17) is 0 Å². The van der Waals surface area contributed by atoms with Crippen molar-refractivity contribution in [2.45, 2.75) is 26.3 Å². The molecule has 1 heterocycles. The van der Waals surface area contributed by atoms with Crippen molar-refractivity contribution in [1.29, 1.82) is 0 Å².